The molecule has 0 aromatic heterocycles. The van der Waals surface area contributed by atoms with Crippen molar-refractivity contribution in [2.75, 3.05) is 64.5 Å². The molecule has 4 aromatic carbocycles. The topological polar surface area (TPSA) is 52.6 Å². The van der Waals surface area contributed by atoms with Crippen LogP contribution in [0.2, 0.25) is 0 Å². The Labute approximate surface area is 256 Å². The Morgan fingerprint density at radius 2 is 0.930 bits per heavy atom. The Kier molecular flexibility index (Phi) is 12.7. The van der Waals surface area contributed by atoms with Gasteiger partial charge < -0.3 is 33.5 Å². The molecule has 0 bridgehead atoms. The van der Waals surface area contributed by atoms with E-state index in [2.05, 4.69) is 84.6 Å². The maximum absolute atomic E-state index is 5.94. The summed E-state index contributed by atoms with van der Waals surface area (Å²) in [5.74, 6) is 1.69. The van der Waals surface area contributed by atoms with Gasteiger partial charge in [-0.15, -0.1) is 0 Å². The summed E-state index contributed by atoms with van der Waals surface area (Å²) in [4.78, 5) is 4.52. The molecule has 0 atom stereocenters. The van der Waals surface area contributed by atoms with Gasteiger partial charge in [0.15, 0.2) is 0 Å². The normalized spacial score (nSPS) is 10.9. The third-order valence-electron chi connectivity index (χ3n) is 7.00. The van der Waals surface area contributed by atoms with Crippen LogP contribution in [0.1, 0.15) is 22.3 Å². The molecule has 0 fully saturated rings. The molecule has 4 rings (SSSR count). The summed E-state index contributed by atoms with van der Waals surface area (Å²) >= 11 is 0. The Morgan fingerprint density at radius 3 is 1.51 bits per heavy atom. The van der Waals surface area contributed by atoms with Crippen LogP contribution in [0, 0.1) is 0 Å². The fourth-order valence-corrected chi connectivity index (χ4v) is 4.71. The summed E-state index contributed by atoms with van der Waals surface area (Å²) in [6.45, 7) is 4.67. The average Bonchev–Trinajstić information content (AvgIpc) is 3.04. The minimum absolute atomic E-state index is 0.519. The Morgan fingerprint density at radius 1 is 0.488 bits per heavy atom. The van der Waals surface area contributed by atoms with Crippen LogP contribution in [0.4, 0.5) is 11.4 Å². The number of rotatable bonds is 18. The molecule has 0 radical (unpaired) electrons. The number of benzene rings is 4. The van der Waals surface area contributed by atoms with Crippen LogP contribution in [-0.4, -0.2) is 54.7 Å². The van der Waals surface area contributed by atoms with Gasteiger partial charge in [0, 0.05) is 38.6 Å². The van der Waals surface area contributed by atoms with Crippen LogP contribution in [-0.2, 0) is 40.5 Å². The van der Waals surface area contributed by atoms with Gasteiger partial charge in [0.25, 0.3) is 0 Å². The lowest BCUT2D eigenvalue weighted by molar-refractivity contribution is 0.00702. The fraction of sp³-hybridized carbons (Fsp3) is 0.333. The lowest BCUT2D eigenvalue weighted by atomic mass is 10.1. The lowest BCUT2D eigenvalue weighted by Crippen LogP contribution is -2.22. The second-order valence-electron chi connectivity index (χ2n) is 10.5. The summed E-state index contributed by atoms with van der Waals surface area (Å²) in [5, 5.41) is 0. The van der Waals surface area contributed by atoms with E-state index in [4.69, 9.17) is 23.7 Å². The average molecular weight is 585 g/mol. The van der Waals surface area contributed by atoms with Crippen LogP contribution < -0.4 is 19.3 Å². The largest absolute Gasteiger partial charge is 0.497 e. The van der Waals surface area contributed by atoms with Crippen molar-refractivity contribution in [3.63, 3.8) is 0 Å². The van der Waals surface area contributed by atoms with E-state index in [1.54, 1.807) is 14.2 Å². The molecule has 0 N–H and O–H groups in total. The number of nitrogens with zero attached hydrogens (tertiary/aromatic N) is 2. The van der Waals surface area contributed by atoms with E-state index in [-0.39, 0.29) is 0 Å². The predicted molar refractivity (Wildman–Crippen MR) is 173 cm³/mol. The van der Waals surface area contributed by atoms with Crippen molar-refractivity contribution in [2.45, 2.75) is 26.3 Å². The van der Waals surface area contributed by atoms with Gasteiger partial charge in [-0.05, 0) is 70.8 Å². The van der Waals surface area contributed by atoms with Gasteiger partial charge in [0.05, 0.1) is 53.9 Å². The second-order valence-corrected chi connectivity index (χ2v) is 10.5. The first-order valence-corrected chi connectivity index (χ1v) is 14.6. The summed E-state index contributed by atoms with van der Waals surface area (Å²) in [6, 6.07) is 33.4. The summed E-state index contributed by atoms with van der Waals surface area (Å²) in [6.07, 6.45) is 0. The first-order chi connectivity index (χ1) is 21.0. The summed E-state index contributed by atoms with van der Waals surface area (Å²) in [5.41, 5.74) is 6.97. The maximum Gasteiger partial charge on any atom is 0.119 e. The molecule has 0 aliphatic heterocycles. The van der Waals surface area contributed by atoms with Crippen molar-refractivity contribution in [2.24, 2.45) is 0 Å². The predicted octanol–water partition coefficient (Wildman–Crippen LogP) is 6.73. The number of hydrogen-bond acceptors (Lipinski definition) is 7. The molecular formula is C36H44N2O5. The molecule has 0 aliphatic rings. The molecular weight excluding hydrogens is 540 g/mol. The first kappa shape index (κ1) is 31.9. The molecule has 0 unspecified atom stereocenters. The lowest BCUT2D eigenvalue weighted by Gasteiger charge is -2.26. The fourth-order valence-electron chi connectivity index (χ4n) is 4.71. The van der Waals surface area contributed by atoms with Crippen LogP contribution in [0.5, 0.6) is 11.5 Å². The Bertz CT molecular complexity index is 1390. The van der Waals surface area contributed by atoms with Crippen LogP contribution >= 0.6 is 0 Å². The highest BCUT2D eigenvalue weighted by atomic mass is 16.5. The van der Waals surface area contributed by atoms with Crippen molar-refractivity contribution < 1.29 is 23.7 Å². The first-order valence-electron chi connectivity index (χ1n) is 14.6. The zero-order chi connectivity index (χ0) is 30.3. The molecule has 43 heavy (non-hydrogen) atoms. The van der Waals surface area contributed by atoms with Gasteiger partial charge in [0.1, 0.15) is 11.5 Å². The second kappa shape index (κ2) is 17.2. The molecule has 7 nitrogen and oxygen atoms in total. The van der Waals surface area contributed by atoms with Crippen molar-refractivity contribution in [1.82, 2.24) is 0 Å². The highest BCUT2D eigenvalue weighted by molar-refractivity contribution is 5.52. The van der Waals surface area contributed by atoms with Gasteiger partial charge in [0.2, 0.25) is 0 Å². The van der Waals surface area contributed by atoms with E-state index in [0.29, 0.717) is 39.6 Å². The number of hydrogen-bond donors (Lipinski definition) is 0. The standard InChI is InChI=1S/C36H44N2O5/c1-37(2)33-13-5-9-29(21-33)25-38(26-30-10-7-15-35(23-30)39-3)34-14-6-11-31(22-34)27-42-19-17-41-18-20-43-28-32-12-8-16-36(24-32)40-4/h5-16,21-24H,17-20,25-28H2,1-4H3. The molecule has 0 aliphatic carbocycles. The highest BCUT2D eigenvalue weighted by Gasteiger charge is 2.11. The van der Waals surface area contributed by atoms with Crippen LogP contribution in [0.3, 0.4) is 0 Å². The Hall–Kier alpha value is -4.04. The molecule has 0 heterocycles. The van der Waals surface area contributed by atoms with Gasteiger partial charge >= 0.3 is 0 Å². The van der Waals surface area contributed by atoms with Gasteiger partial charge in [-0.2, -0.15) is 0 Å². The quantitative estimate of drug-likeness (QED) is 0.120. The smallest absolute Gasteiger partial charge is 0.119 e. The minimum Gasteiger partial charge on any atom is -0.497 e. The molecule has 0 amide bonds. The summed E-state index contributed by atoms with van der Waals surface area (Å²) < 4.78 is 28.1. The SMILES string of the molecule is COc1cccc(COCCOCCOCc2cccc(N(Cc3cccc(OC)c3)Cc3cccc(N(C)C)c3)c2)c1. The van der Waals surface area contributed by atoms with Crippen molar-refractivity contribution in [3.8, 4) is 11.5 Å². The molecule has 0 saturated carbocycles. The number of ether oxygens (including phenoxy) is 5. The van der Waals surface area contributed by atoms with Crippen LogP contribution in [0.15, 0.2) is 97.1 Å². The zero-order valence-corrected chi connectivity index (χ0v) is 25.8. The van der Waals surface area contributed by atoms with E-state index in [1.807, 2.05) is 36.4 Å². The Balaban J connectivity index is 1.28. The highest BCUT2D eigenvalue weighted by Crippen LogP contribution is 2.25. The van der Waals surface area contributed by atoms with E-state index in [9.17, 15) is 0 Å². The minimum atomic E-state index is 0.519. The van der Waals surface area contributed by atoms with Crippen LogP contribution in [0.25, 0.3) is 0 Å². The van der Waals surface area contributed by atoms with E-state index < -0.39 is 0 Å². The van der Waals surface area contributed by atoms with E-state index >= 15 is 0 Å². The monoisotopic (exact) mass is 584 g/mol. The maximum atomic E-state index is 5.94. The van der Waals surface area contributed by atoms with Crippen molar-refractivity contribution in [3.05, 3.63) is 119 Å². The molecule has 0 spiro atoms. The molecule has 228 valence electrons. The summed E-state index contributed by atoms with van der Waals surface area (Å²) in [7, 11) is 7.51. The molecule has 7 heteroatoms. The third-order valence-corrected chi connectivity index (χ3v) is 7.00. The number of methoxy groups -OCH3 is 2. The van der Waals surface area contributed by atoms with Gasteiger partial charge in [-0.25, -0.2) is 0 Å². The van der Waals surface area contributed by atoms with Gasteiger partial charge in [-0.3, -0.25) is 0 Å². The van der Waals surface area contributed by atoms with Crippen molar-refractivity contribution >= 4 is 11.4 Å². The molecule has 0 saturated heterocycles. The number of anilines is 2. The molecule has 4 aromatic rings. The van der Waals surface area contributed by atoms with E-state index in [0.717, 1.165) is 41.4 Å². The van der Waals surface area contributed by atoms with Crippen molar-refractivity contribution in [1.29, 1.82) is 0 Å². The third kappa shape index (κ3) is 10.6. The zero-order valence-electron chi connectivity index (χ0n) is 25.8. The van der Waals surface area contributed by atoms with Gasteiger partial charge in [-0.1, -0.05) is 48.5 Å². The van der Waals surface area contributed by atoms with E-state index in [1.165, 1.54) is 16.8 Å².